The number of nitrogens with zero attached hydrogens (tertiary/aromatic N) is 3. The summed E-state index contributed by atoms with van der Waals surface area (Å²) in [5, 5.41) is 16.7. The Morgan fingerprint density at radius 1 is 1.82 bits per heavy atom. The van der Waals surface area contributed by atoms with Crippen LogP contribution in [-0.4, -0.2) is 26.6 Å². The van der Waals surface area contributed by atoms with Gasteiger partial charge in [0.2, 0.25) is 0 Å². The quantitative estimate of drug-likeness (QED) is 0.600. The molecule has 5 nitrogen and oxygen atoms in total. The van der Waals surface area contributed by atoms with E-state index < -0.39 is 6.10 Å². The second-order valence-corrected chi connectivity index (χ2v) is 2.38. The molecule has 0 aliphatic rings. The molecule has 5 heteroatoms. The molecule has 0 radical (unpaired) electrons. The first-order chi connectivity index (χ1) is 5.25. The first-order valence-corrected chi connectivity index (χ1v) is 3.48. The van der Waals surface area contributed by atoms with E-state index in [0.29, 0.717) is 18.7 Å². The molecule has 0 aliphatic carbocycles. The van der Waals surface area contributed by atoms with Gasteiger partial charge in [-0.15, -0.1) is 5.10 Å². The fourth-order valence-corrected chi connectivity index (χ4v) is 0.905. The Morgan fingerprint density at radius 2 is 2.55 bits per heavy atom. The van der Waals surface area contributed by atoms with E-state index in [1.54, 1.807) is 17.9 Å². The molecule has 0 aromatic carbocycles. The van der Waals surface area contributed by atoms with Gasteiger partial charge in [-0.05, 0) is 13.0 Å². The Hall–Kier alpha value is -0.940. The average molecular weight is 156 g/mol. The van der Waals surface area contributed by atoms with Gasteiger partial charge in [-0.2, -0.15) is 0 Å². The molecule has 1 heterocycles. The summed E-state index contributed by atoms with van der Waals surface area (Å²) in [5.41, 5.74) is 5.98. The van der Waals surface area contributed by atoms with Gasteiger partial charge in [0.05, 0.1) is 18.0 Å². The fourth-order valence-electron chi connectivity index (χ4n) is 0.905. The van der Waals surface area contributed by atoms with E-state index in [1.807, 2.05) is 0 Å². The molecule has 1 atom stereocenters. The van der Waals surface area contributed by atoms with Crippen LogP contribution >= 0.6 is 0 Å². The lowest BCUT2D eigenvalue weighted by molar-refractivity contribution is 0.160. The van der Waals surface area contributed by atoms with Gasteiger partial charge in [0, 0.05) is 7.05 Å². The molecule has 0 saturated heterocycles. The minimum Gasteiger partial charge on any atom is -0.387 e. The predicted octanol–water partition coefficient (Wildman–Crippen LogP) is -0.803. The van der Waals surface area contributed by atoms with Crippen molar-refractivity contribution in [1.82, 2.24) is 15.0 Å². The minimum atomic E-state index is -0.542. The van der Waals surface area contributed by atoms with Crippen LogP contribution < -0.4 is 5.73 Å². The molecule has 1 aromatic rings. The molecular weight excluding hydrogens is 144 g/mol. The van der Waals surface area contributed by atoms with Gasteiger partial charge >= 0.3 is 0 Å². The van der Waals surface area contributed by atoms with Crippen LogP contribution in [0.2, 0.25) is 0 Å². The maximum absolute atomic E-state index is 9.41. The Labute approximate surface area is 64.8 Å². The van der Waals surface area contributed by atoms with Crippen molar-refractivity contribution in [1.29, 1.82) is 0 Å². The first-order valence-electron chi connectivity index (χ1n) is 3.48. The van der Waals surface area contributed by atoms with Gasteiger partial charge in [0.25, 0.3) is 0 Å². The molecule has 11 heavy (non-hydrogen) atoms. The monoisotopic (exact) mass is 156 g/mol. The van der Waals surface area contributed by atoms with Gasteiger partial charge in [0.1, 0.15) is 0 Å². The second kappa shape index (κ2) is 3.45. The van der Waals surface area contributed by atoms with Crippen LogP contribution in [0.3, 0.4) is 0 Å². The van der Waals surface area contributed by atoms with Crippen LogP contribution in [0, 0.1) is 0 Å². The molecule has 3 N–H and O–H groups in total. The normalized spacial score (nSPS) is 13.4. The lowest BCUT2D eigenvalue weighted by Crippen LogP contribution is -2.10. The highest BCUT2D eigenvalue weighted by Gasteiger charge is 2.10. The van der Waals surface area contributed by atoms with Crippen LogP contribution in [0.15, 0.2) is 6.20 Å². The maximum Gasteiger partial charge on any atom is 0.0984 e. The number of aryl methyl sites for hydroxylation is 1. The zero-order chi connectivity index (χ0) is 8.27. The van der Waals surface area contributed by atoms with E-state index >= 15 is 0 Å². The Bertz CT molecular complexity index is 222. The molecular formula is C6H12N4O. The highest BCUT2D eigenvalue weighted by molar-refractivity contribution is 4.97. The van der Waals surface area contributed by atoms with Crippen LogP contribution in [0.1, 0.15) is 18.2 Å². The summed E-state index contributed by atoms with van der Waals surface area (Å²) in [6.45, 7) is 0.465. The van der Waals surface area contributed by atoms with Crippen molar-refractivity contribution in [3.8, 4) is 0 Å². The fraction of sp³-hybridized carbons (Fsp3) is 0.667. The number of nitrogens with two attached hydrogens (primary N) is 1. The number of aliphatic hydroxyl groups is 1. The van der Waals surface area contributed by atoms with Gasteiger partial charge in [0.15, 0.2) is 0 Å². The summed E-state index contributed by atoms with van der Waals surface area (Å²) < 4.78 is 1.54. The van der Waals surface area contributed by atoms with E-state index in [2.05, 4.69) is 10.3 Å². The zero-order valence-corrected chi connectivity index (χ0v) is 6.44. The Kier molecular flexibility index (Phi) is 2.56. The summed E-state index contributed by atoms with van der Waals surface area (Å²) in [7, 11) is 1.74. The van der Waals surface area contributed by atoms with Gasteiger partial charge in [-0.1, -0.05) is 5.21 Å². The zero-order valence-electron chi connectivity index (χ0n) is 6.44. The van der Waals surface area contributed by atoms with Crippen molar-refractivity contribution in [2.24, 2.45) is 12.8 Å². The largest absolute Gasteiger partial charge is 0.387 e. The Balaban J connectivity index is 2.67. The van der Waals surface area contributed by atoms with Gasteiger partial charge in [-0.3, -0.25) is 0 Å². The van der Waals surface area contributed by atoms with Crippen LogP contribution in [0.4, 0.5) is 0 Å². The van der Waals surface area contributed by atoms with Gasteiger partial charge in [-0.25, -0.2) is 4.68 Å². The van der Waals surface area contributed by atoms with E-state index in [9.17, 15) is 5.11 Å². The molecule has 0 fully saturated rings. The molecule has 0 saturated carbocycles. The molecule has 1 aromatic heterocycles. The third kappa shape index (κ3) is 1.75. The van der Waals surface area contributed by atoms with E-state index in [0.717, 1.165) is 0 Å². The van der Waals surface area contributed by atoms with Crippen molar-refractivity contribution >= 4 is 0 Å². The van der Waals surface area contributed by atoms with Crippen LogP contribution in [0.25, 0.3) is 0 Å². The summed E-state index contributed by atoms with van der Waals surface area (Å²) in [6, 6.07) is 0. The number of aliphatic hydroxyl groups excluding tert-OH is 1. The van der Waals surface area contributed by atoms with E-state index in [4.69, 9.17) is 5.73 Å². The van der Waals surface area contributed by atoms with Crippen molar-refractivity contribution in [2.75, 3.05) is 6.54 Å². The van der Waals surface area contributed by atoms with E-state index in [-0.39, 0.29) is 0 Å². The number of hydrogen-bond donors (Lipinski definition) is 2. The van der Waals surface area contributed by atoms with Crippen LogP contribution in [0.5, 0.6) is 0 Å². The number of hydrogen-bond acceptors (Lipinski definition) is 4. The summed E-state index contributed by atoms with van der Waals surface area (Å²) in [6.07, 6.45) is 1.54. The maximum atomic E-state index is 9.41. The van der Waals surface area contributed by atoms with Crippen molar-refractivity contribution < 1.29 is 5.11 Å². The molecule has 0 bridgehead atoms. The first kappa shape index (κ1) is 8.16. The molecule has 62 valence electrons. The summed E-state index contributed by atoms with van der Waals surface area (Å²) >= 11 is 0. The number of aromatic nitrogens is 3. The second-order valence-electron chi connectivity index (χ2n) is 2.38. The molecule has 0 spiro atoms. The lowest BCUT2D eigenvalue weighted by Gasteiger charge is -2.07. The molecule has 0 aliphatic heterocycles. The minimum absolute atomic E-state index is 0.465. The standard InChI is InChI=1S/C6H12N4O/c1-10-5(4-8-9-10)6(11)2-3-7/h4,6,11H,2-3,7H2,1H3/t6-/m1/s1. The highest BCUT2D eigenvalue weighted by Crippen LogP contribution is 2.12. The summed E-state index contributed by atoms with van der Waals surface area (Å²) in [4.78, 5) is 0. The third-order valence-electron chi connectivity index (χ3n) is 1.53. The van der Waals surface area contributed by atoms with Crippen molar-refractivity contribution in [3.63, 3.8) is 0 Å². The molecule has 1 rings (SSSR count). The predicted molar refractivity (Wildman–Crippen MR) is 39.6 cm³/mol. The van der Waals surface area contributed by atoms with Crippen LogP contribution in [-0.2, 0) is 7.05 Å². The molecule has 0 unspecified atom stereocenters. The molecule has 0 amide bonds. The van der Waals surface area contributed by atoms with Gasteiger partial charge < -0.3 is 10.8 Å². The smallest absolute Gasteiger partial charge is 0.0984 e. The SMILES string of the molecule is Cn1nncc1[C@H](O)CCN. The van der Waals surface area contributed by atoms with E-state index in [1.165, 1.54) is 0 Å². The summed E-state index contributed by atoms with van der Waals surface area (Å²) in [5.74, 6) is 0. The highest BCUT2D eigenvalue weighted by atomic mass is 16.3. The van der Waals surface area contributed by atoms with Crippen molar-refractivity contribution in [2.45, 2.75) is 12.5 Å². The Morgan fingerprint density at radius 3 is 3.00 bits per heavy atom. The lowest BCUT2D eigenvalue weighted by atomic mass is 10.2. The topological polar surface area (TPSA) is 77.0 Å². The van der Waals surface area contributed by atoms with Crippen molar-refractivity contribution in [3.05, 3.63) is 11.9 Å². The average Bonchev–Trinajstić information content (AvgIpc) is 2.36. The third-order valence-corrected chi connectivity index (χ3v) is 1.53. The number of rotatable bonds is 3.